The summed E-state index contributed by atoms with van der Waals surface area (Å²) in [5.74, 6) is 0.759. The number of hydrogen-bond donors (Lipinski definition) is 1. The molecule has 0 amide bonds. The third-order valence-corrected chi connectivity index (χ3v) is 7.18. The van der Waals surface area contributed by atoms with Gasteiger partial charge in [0.1, 0.15) is 16.4 Å². The molecule has 2 heterocycles. The number of sulfonamides is 1. The number of nitrogens with zero attached hydrogens (tertiary/aromatic N) is 2. The van der Waals surface area contributed by atoms with Gasteiger partial charge in [-0.1, -0.05) is 0 Å². The highest BCUT2D eigenvalue weighted by atomic mass is 32.2. The first-order valence-corrected chi connectivity index (χ1v) is 11.5. The molecule has 1 fully saturated rings. The molecule has 0 radical (unpaired) electrons. The minimum atomic E-state index is -3.76. The van der Waals surface area contributed by atoms with Crippen molar-refractivity contribution in [3.63, 3.8) is 0 Å². The smallest absolute Gasteiger partial charge is 0.244 e. The molecule has 1 aromatic heterocycles. The molecule has 9 heteroatoms. The summed E-state index contributed by atoms with van der Waals surface area (Å²) in [4.78, 5) is 4.71. The van der Waals surface area contributed by atoms with Crippen LogP contribution in [0.1, 0.15) is 11.6 Å². The van der Waals surface area contributed by atoms with Crippen LogP contribution >= 0.6 is 11.3 Å². The van der Waals surface area contributed by atoms with Crippen molar-refractivity contribution in [2.24, 2.45) is 0 Å². The van der Waals surface area contributed by atoms with Crippen LogP contribution < -0.4 is 14.2 Å². The Hall–Kier alpha value is -1.65. The Morgan fingerprint density at radius 2 is 1.89 bits per heavy atom. The van der Waals surface area contributed by atoms with Gasteiger partial charge in [-0.05, 0) is 41.6 Å². The fraction of sp³-hybridized carbons (Fsp3) is 0.474. The molecular formula is C19H27N3O4S2. The molecule has 28 heavy (non-hydrogen) atoms. The standard InChI is InChI=1S/C19H27N3O4S2/c1-21-7-9-22(10-8-21)17(15-6-11-27-14-15)13-20-28(23,24)19-12-16(25-2)4-5-18(19)26-3/h4-6,11-12,14,17,20H,7-10,13H2,1-3H3/t17-/m1/s1. The van der Waals surface area contributed by atoms with Gasteiger partial charge in [-0.2, -0.15) is 11.3 Å². The van der Waals surface area contributed by atoms with E-state index in [2.05, 4.69) is 33.0 Å². The Bertz CT molecular complexity index is 863. The van der Waals surface area contributed by atoms with E-state index in [1.54, 1.807) is 23.5 Å². The van der Waals surface area contributed by atoms with Crippen LogP contribution in [0.4, 0.5) is 0 Å². The maximum atomic E-state index is 13.0. The molecule has 154 valence electrons. The zero-order valence-electron chi connectivity index (χ0n) is 16.4. The number of methoxy groups -OCH3 is 2. The second-order valence-electron chi connectivity index (χ2n) is 6.78. The molecule has 0 bridgehead atoms. The Labute approximate surface area is 170 Å². The van der Waals surface area contributed by atoms with Crippen LogP contribution in [0.2, 0.25) is 0 Å². The molecule has 1 aliphatic heterocycles. The van der Waals surface area contributed by atoms with Gasteiger partial charge in [0.2, 0.25) is 10.0 Å². The van der Waals surface area contributed by atoms with E-state index in [-0.39, 0.29) is 10.9 Å². The largest absolute Gasteiger partial charge is 0.497 e. The first-order valence-electron chi connectivity index (χ1n) is 9.11. The quantitative estimate of drug-likeness (QED) is 0.698. The maximum absolute atomic E-state index is 13.0. The maximum Gasteiger partial charge on any atom is 0.244 e. The minimum absolute atomic E-state index is 0.00803. The zero-order valence-corrected chi connectivity index (χ0v) is 18.1. The van der Waals surface area contributed by atoms with Crippen LogP contribution in [-0.2, 0) is 10.0 Å². The molecule has 1 atom stereocenters. The van der Waals surface area contributed by atoms with Crippen LogP contribution in [0.5, 0.6) is 11.5 Å². The van der Waals surface area contributed by atoms with Gasteiger partial charge in [0.05, 0.1) is 14.2 Å². The Morgan fingerprint density at radius 3 is 2.50 bits per heavy atom. The topological polar surface area (TPSA) is 71.1 Å². The molecule has 0 saturated carbocycles. The number of rotatable bonds is 8. The summed E-state index contributed by atoms with van der Waals surface area (Å²) in [5, 5.41) is 4.11. The molecule has 0 aliphatic carbocycles. The Kier molecular flexibility index (Phi) is 6.95. The number of thiophene rings is 1. The van der Waals surface area contributed by atoms with Crippen LogP contribution in [0.25, 0.3) is 0 Å². The van der Waals surface area contributed by atoms with Crippen LogP contribution in [-0.4, -0.2) is 72.2 Å². The van der Waals surface area contributed by atoms with Gasteiger partial charge in [-0.25, -0.2) is 13.1 Å². The highest BCUT2D eigenvalue weighted by Crippen LogP contribution is 2.29. The fourth-order valence-electron chi connectivity index (χ4n) is 3.32. The van der Waals surface area contributed by atoms with Crippen molar-refractivity contribution in [2.75, 3.05) is 54.0 Å². The second-order valence-corrected chi connectivity index (χ2v) is 9.30. The number of likely N-dealkylation sites (N-methyl/N-ethyl adjacent to an activating group) is 1. The molecule has 0 spiro atoms. The molecule has 1 aliphatic rings. The molecular weight excluding hydrogens is 398 g/mol. The zero-order chi connectivity index (χ0) is 20.1. The van der Waals surface area contributed by atoms with E-state index >= 15 is 0 Å². The fourth-order valence-corrected chi connectivity index (χ4v) is 5.24. The number of hydrogen-bond acceptors (Lipinski definition) is 7. The summed E-state index contributed by atoms with van der Waals surface area (Å²) in [6, 6.07) is 6.82. The highest BCUT2D eigenvalue weighted by molar-refractivity contribution is 7.89. The lowest BCUT2D eigenvalue weighted by Crippen LogP contribution is -2.48. The summed E-state index contributed by atoms with van der Waals surface area (Å²) >= 11 is 1.62. The molecule has 2 aromatic rings. The van der Waals surface area contributed by atoms with Crippen LogP contribution in [0.15, 0.2) is 39.9 Å². The third kappa shape index (κ3) is 4.84. The second kappa shape index (κ2) is 9.23. The van der Waals surface area contributed by atoms with Crippen molar-refractivity contribution < 1.29 is 17.9 Å². The van der Waals surface area contributed by atoms with Crippen molar-refractivity contribution in [1.29, 1.82) is 0 Å². The monoisotopic (exact) mass is 425 g/mol. The lowest BCUT2D eigenvalue weighted by molar-refractivity contribution is 0.113. The van der Waals surface area contributed by atoms with Crippen molar-refractivity contribution >= 4 is 21.4 Å². The van der Waals surface area contributed by atoms with Crippen LogP contribution in [0.3, 0.4) is 0 Å². The lowest BCUT2D eigenvalue weighted by atomic mass is 10.1. The van der Waals surface area contributed by atoms with Crippen molar-refractivity contribution in [3.05, 3.63) is 40.6 Å². The van der Waals surface area contributed by atoms with Gasteiger partial charge in [-0.3, -0.25) is 4.90 Å². The highest BCUT2D eigenvalue weighted by Gasteiger charge is 2.27. The minimum Gasteiger partial charge on any atom is -0.497 e. The molecule has 1 aromatic carbocycles. The molecule has 1 saturated heterocycles. The van der Waals surface area contributed by atoms with Gasteiger partial charge in [0.25, 0.3) is 0 Å². The normalized spacial score (nSPS) is 17.4. The van der Waals surface area contributed by atoms with Crippen LogP contribution in [0, 0.1) is 0 Å². The van der Waals surface area contributed by atoms with E-state index in [0.717, 1.165) is 31.7 Å². The van der Waals surface area contributed by atoms with E-state index < -0.39 is 10.0 Å². The summed E-state index contributed by atoms with van der Waals surface area (Å²) < 4.78 is 39.2. The van der Waals surface area contributed by atoms with E-state index in [1.165, 1.54) is 20.3 Å². The summed E-state index contributed by atoms with van der Waals surface area (Å²) in [5.41, 5.74) is 1.13. The average molecular weight is 426 g/mol. The van der Waals surface area contributed by atoms with Crippen molar-refractivity contribution in [2.45, 2.75) is 10.9 Å². The van der Waals surface area contributed by atoms with E-state index in [1.807, 2.05) is 5.38 Å². The lowest BCUT2D eigenvalue weighted by Gasteiger charge is -2.38. The van der Waals surface area contributed by atoms with E-state index in [4.69, 9.17) is 9.47 Å². The van der Waals surface area contributed by atoms with Gasteiger partial charge in [0.15, 0.2) is 0 Å². The SMILES string of the molecule is COc1ccc(OC)c(S(=O)(=O)NC[C@H](c2ccsc2)N2CCN(C)CC2)c1. The summed E-state index contributed by atoms with van der Waals surface area (Å²) in [7, 11) is 1.31. The van der Waals surface area contributed by atoms with Gasteiger partial charge >= 0.3 is 0 Å². The molecule has 3 rings (SSSR count). The predicted octanol–water partition coefficient (Wildman–Crippen LogP) is 2.03. The first-order chi connectivity index (χ1) is 13.4. The van der Waals surface area contributed by atoms with Gasteiger partial charge < -0.3 is 14.4 Å². The average Bonchev–Trinajstić information content (AvgIpc) is 3.23. The molecule has 0 unspecified atom stereocenters. The summed E-state index contributed by atoms with van der Waals surface area (Å²) in [6.07, 6.45) is 0. The number of piperazine rings is 1. The van der Waals surface area contributed by atoms with Gasteiger partial charge in [-0.15, -0.1) is 0 Å². The molecule has 7 nitrogen and oxygen atoms in total. The number of ether oxygens (including phenoxy) is 2. The van der Waals surface area contributed by atoms with E-state index in [9.17, 15) is 8.42 Å². The van der Waals surface area contributed by atoms with Gasteiger partial charge in [0, 0.05) is 44.8 Å². The Balaban J connectivity index is 1.81. The Morgan fingerprint density at radius 1 is 1.14 bits per heavy atom. The molecule has 1 N–H and O–H groups in total. The van der Waals surface area contributed by atoms with E-state index in [0.29, 0.717) is 18.0 Å². The van der Waals surface area contributed by atoms with Crippen molar-refractivity contribution in [3.8, 4) is 11.5 Å². The first kappa shape index (κ1) is 21.1. The predicted molar refractivity (Wildman–Crippen MR) is 111 cm³/mol. The number of nitrogens with one attached hydrogen (secondary N) is 1. The summed E-state index contributed by atoms with van der Waals surface area (Å²) in [6.45, 7) is 4.04. The number of benzene rings is 1. The van der Waals surface area contributed by atoms with Crippen molar-refractivity contribution in [1.82, 2.24) is 14.5 Å². The third-order valence-electron chi connectivity index (χ3n) is 5.03.